The van der Waals surface area contributed by atoms with Crippen molar-refractivity contribution in [3.8, 4) is 5.75 Å². The van der Waals surface area contributed by atoms with Crippen molar-refractivity contribution >= 4 is 0 Å². The maximum Gasteiger partial charge on any atom is 0.272 e. The first-order chi connectivity index (χ1) is 6.63. The van der Waals surface area contributed by atoms with E-state index in [0.717, 1.165) is 12.0 Å². The summed E-state index contributed by atoms with van der Waals surface area (Å²) >= 11 is 0. The van der Waals surface area contributed by atoms with Crippen molar-refractivity contribution < 1.29 is 13.5 Å². The number of halogens is 2. The Morgan fingerprint density at radius 1 is 1.36 bits per heavy atom. The molecular formula is C11H14F2O. The minimum Gasteiger partial charge on any atom is -0.487 e. The van der Waals surface area contributed by atoms with E-state index < -0.39 is 13.0 Å². The fourth-order valence-electron chi connectivity index (χ4n) is 1.25. The van der Waals surface area contributed by atoms with E-state index in [-0.39, 0.29) is 0 Å². The number of alkyl halides is 2. The highest BCUT2D eigenvalue weighted by Crippen LogP contribution is 2.19. The summed E-state index contributed by atoms with van der Waals surface area (Å²) in [6, 6.07) is 5.60. The van der Waals surface area contributed by atoms with Crippen molar-refractivity contribution in [1.29, 1.82) is 0 Å². The van der Waals surface area contributed by atoms with Gasteiger partial charge in [0, 0.05) is 0 Å². The first-order valence-electron chi connectivity index (χ1n) is 4.64. The number of benzene rings is 1. The zero-order valence-corrected chi connectivity index (χ0v) is 8.39. The second-order valence-electron chi connectivity index (χ2n) is 3.16. The number of aryl methyl sites for hydroxylation is 2. The third-order valence-electron chi connectivity index (χ3n) is 2.01. The van der Waals surface area contributed by atoms with Crippen molar-refractivity contribution in [1.82, 2.24) is 0 Å². The van der Waals surface area contributed by atoms with Crippen molar-refractivity contribution in [2.24, 2.45) is 0 Å². The zero-order chi connectivity index (χ0) is 10.6. The van der Waals surface area contributed by atoms with Gasteiger partial charge in [0.25, 0.3) is 6.43 Å². The van der Waals surface area contributed by atoms with Crippen LogP contribution < -0.4 is 4.74 Å². The number of rotatable bonds is 4. The van der Waals surface area contributed by atoms with E-state index in [0.29, 0.717) is 5.75 Å². The normalized spacial score (nSPS) is 10.6. The lowest BCUT2D eigenvalue weighted by atomic mass is 10.1. The summed E-state index contributed by atoms with van der Waals surface area (Å²) in [4.78, 5) is 0. The van der Waals surface area contributed by atoms with Crippen LogP contribution in [0.4, 0.5) is 8.78 Å². The van der Waals surface area contributed by atoms with Gasteiger partial charge < -0.3 is 4.74 Å². The molecule has 0 aliphatic heterocycles. The summed E-state index contributed by atoms with van der Waals surface area (Å²) in [5, 5.41) is 0. The van der Waals surface area contributed by atoms with E-state index in [1.165, 1.54) is 5.56 Å². The fraction of sp³-hybridized carbons (Fsp3) is 0.455. The third-order valence-corrected chi connectivity index (χ3v) is 2.01. The molecule has 14 heavy (non-hydrogen) atoms. The first-order valence-corrected chi connectivity index (χ1v) is 4.64. The summed E-state index contributed by atoms with van der Waals surface area (Å²) in [5.41, 5.74) is 2.09. The highest BCUT2D eigenvalue weighted by Gasteiger charge is 2.05. The van der Waals surface area contributed by atoms with Crippen LogP contribution in [-0.4, -0.2) is 13.0 Å². The van der Waals surface area contributed by atoms with Gasteiger partial charge in [-0.15, -0.1) is 0 Å². The molecule has 0 spiro atoms. The summed E-state index contributed by atoms with van der Waals surface area (Å²) in [7, 11) is 0. The van der Waals surface area contributed by atoms with Crippen LogP contribution in [0.15, 0.2) is 18.2 Å². The van der Waals surface area contributed by atoms with Gasteiger partial charge in [-0.2, -0.15) is 0 Å². The second kappa shape index (κ2) is 4.94. The Morgan fingerprint density at radius 3 is 2.57 bits per heavy atom. The molecule has 0 aliphatic rings. The van der Waals surface area contributed by atoms with Crippen molar-refractivity contribution in [3.63, 3.8) is 0 Å². The van der Waals surface area contributed by atoms with Crippen LogP contribution in [0, 0.1) is 6.92 Å². The SMILES string of the molecule is CCc1ccc(OCC(F)F)c(C)c1. The monoisotopic (exact) mass is 200 g/mol. The molecule has 1 aromatic rings. The van der Waals surface area contributed by atoms with Gasteiger partial charge in [-0.25, -0.2) is 8.78 Å². The predicted octanol–water partition coefficient (Wildman–Crippen LogP) is 3.20. The molecule has 0 fully saturated rings. The van der Waals surface area contributed by atoms with Crippen LogP contribution in [0.3, 0.4) is 0 Å². The highest BCUT2D eigenvalue weighted by atomic mass is 19.3. The molecule has 1 nitrogen and oxygen atoms in total. The van der Waals surface area contributed by atoms with Gasteiger partial charge >= 0.3 is 0 Å². The molecular weight excluding hydrogens is 186 g/mol. The number of hydrogen-bond acceptors (Lipinski definition) is 1. The molecule has 0 saturated carbocycles. The van der Waals surface area contributed by atoms with Gasteiger partial charge in [0.15, 0.2) is 0 Å². The van der Waals surface area contributed by atoms with E-state index >= 15 is 0 Å². The standard InChI is InChI=1S/C11H14F2O/c1-3-9-4-5-10(8(2)6-9)14-7-11(12)13/h4-6,11H,3,7H2,1-2H3. The molecule has 0 N–H and O–H groups in total. The molecule has 0 aromatic heterocycles. The topological polar surface area (TPSA) is 9.23 Å². The predicted molar refractivity (Wildman–Crippen MR) is 52.1 cm³/mol. The second-order valence-corrected chi connectivity index (χ2v) is 3.16. The van der Waals surface area contributed by atoms with Gasteiger partial charge in [0.05, 0.1) is 0 Å². The molecule has 0 heterocycles. The van der Waals surface area contributed by atoms with Crippen LogP contribution in [0.2, 0.25) is 0 Å². The molecule has 1 rings (SSSR count). The maximum atomic E-state index is 11.9. The molecule has 0 aliphatic carbocycles. The average Bonchev–Trinajstić information content (AvgIpc) is 2.15. The molecule has 0 amide bonds. The smallest absolute Gasteiger partial charge is 0.272 e. The fourth-order valence-corrected chi connectivity index (χ4v) is 1.25. The summed E-state index contributed by atoms with van der Waals surface area (Å²) in [6.07, 6.45) is -1.48. The molecule has 1 aromatic carbocycles. The molecule has 0 radical (unpaired) electrons. The molecule has 0 bridgehead atoms. The van der Waals surface area contributed by atoms with Crippen LogP contribution in [-0.2, 0) is 6.42 Å². The Hall–Kier alpha value is -1.12. The quantitative estimate of drug-likeness (QED) is 0.725. The third kappa shape index (κ3) is 2.98. The highest BCUT2D eigenvalue weighted by molar-refractivity contribution is 5.36. The Kier molecular flexibility index (Phi) is 3.86. The van der Waals surface area contributed by atoms with Gasteiger partial charge in [0.2, 0.25) is 0 Å². The number of ether oxygens (including phenoxy) is 1. The van der Waals surface area contributed by atoms with Crippen molar-refractivity contribution in [2.45, 2.75) is 26.7 Å². The average molecular weight is 200 g/mol. The Bertz CT molecular complexity index is 297. The summed E-state index contributed by atoms with van der Waals surface area (Å²) in [6.45, 7) is 3.38. The van der Waals surface area contributed by atoms with Gasteiger partial charge in [-0.1, -0.05) is 19.1 Å². The van der Waals surface area contributed by atoms with E-state index in [1.807, 2.05) is 19.1 Å². The van der Waals surface area contributed by atoms with E-state index in [1.54, 1.807) is 6.07 Å². The van der Waals surface area contributed by atoms with E-state index in [2.05, 4.69) is 6.92 Å². The van der Waals surface area contributed by atoms with Gasteiger partial charge in [0.1, 0.15) is 12.4 Å². The minimum absolute atomic E-state index is 0.535. The Labute approximate surface area is 82.7 Å². The molecule has 0 saturated heterocycles. The largest absolute Gasteiger partial charge is 0.487 e. The van der Waals surface area contributed by atoms with Gasteiger partial charge in [-0.05, 0) is 30.5 Å². The molecule has 78 valence electrons. The van der Waals surface area contributed by atoms with Gasteiger partial charge in [-0.3, -0.25) is 0 Å². The van der Waals surface area contributed by atoms with Crippen LogP contribution in [0.5, 0.6) is 5.75 Å². The minimum atomic E-state index is -2.42. The summed E-state index contributed by atoms with van der Waals surface area (Å²) in [5.74, 6) is 0.544. The lowest BCUT2D eigenvalue weighted by Gasteiger charge is -2.09. The molecule has 3 heteroatoms. The molecule has 0 atom stereocenters. The maximum absolute atomic E-state index is 11.9. The van der Waals surface area contributed by atoms with E-state index in [9.17, 15) is 8.78 Å². The van der Waals surface area contributed by atoms with Crippen LogP contribution >= 0.6 is 0 Å². The number of hydrogen-bond donors (Lipinski definition) is 0. The lowest BCUT2D eigenvalue weighted by Crippen LogP contribution is -2.07. The van der Waals surface area contributed by atoms with Crippen molar-refractivity contribution in [3.05, 3.63) is 29.3 Å². The van der Waals surface area contributed by atoms with E-state index in [4.69, 9.17) is 4.74 Å². The zero-order valence-electron chi connectivity index (χ0n) is 8.39. The Balaban J connectivity index is 2.69. The first kappa shape index (κ1) is 11.0. The Morgan fingerprint density at radius 2 is 2.07 bits per heavy atom. The van der Waals surface area contributed by atoms with Crippen molar-refractivity contribution in [2.75, 3.05) is 6.61 Å². The van der Waals surface area contributed by atoms with Crippen LogP contribution in [0.1, 0.15) is 18.1 Å². The van der Waals surface area contributed by atoms with Crippen LogP contribution in [0.25, 0.3) is 0 Å². The molecule has 0 unspecified atom stereocenters. The summed E-state index contributed by atoms with van der Waals surface area (Å²) < 4.78 is 28.7. The lowest BCUT2D eigenvalue weighted by molar-refractivity contribution is 0.0816.